The first-order valence-electron chi connectivity index (χ1n) is 8.14. The number of aliphatic hydroxyl groups excluding tert-OH is 1. The van der Waals surface area contributed by atoms with E-state index in [9.17, 15) is 14.7 Å². The summed E-state index contributed by atoms with van der Waals surface area (Å²) in [6.07, 6.45) is 0. The van der Waals surface area contributed by atoms with Gasteiger partial charge in [-0.1, -0.05) is 29.3 Å². The highest BCUT2D eigenvalue weighted by Gasteiger charge is 2.44. The van der Waals surface area contributed by atoms with E-state index >= 15 is 0 Å². The van der Waals surface area contributed by atoms with Crippen LogP contribution < -0.4 is 0 Å². The van der Waals surface area contributed by atoms with Crippen LogP contribution in [-0.4, -0.2) is 42.0 Å². The summed E-state index contributed by atoms with van der Waals surface area (Å²) in [7, 11) is 1.50. The number of benzene rings is 1. The van der Waals surface area contributed by atoms with Crippen molar-refractivity contribution in [1.82, 2.24) is 4.90 Å². The molecule has 0 saturated carbocycles. The minimum absolute atomic E-state index is 0.0421. The quantitative estimate of drug-likeness (QED) is 0.725. The molecule has 0 saturated heterocycles. The van der Waals surface area contributed by atoms with Crippen molar-refractivity contribution in [3.63, 3.8) is 0 Å². The maximum absolute atomic E-state index is 13.0. The highest BCUT2D eigenvalue weighted by atomic mass is 35.5. The molecule has 1 aromatic heterocycles. The van der Waals surface area contributed by atoms with Crippen LogP contribution in [0, 0.1) is 6.92 Å². The van der Waals surface area contributed by atoms with Gasteiger partial charge in [0.15, 0.2) is 11.5 Å². The average molecular weight is 410 g/mol. The number of methoxy groups -OCH3 is 1. The molecule has 0 unspecified atom stereocenters. The predicted molar refractivity (Wildman–Crippen MR) is 100 cm³/mol. The normalized spacial score (nSPS) is 17.1. The van der Waals surface area contributed by atoms with Crippen molar-refractivity contribution in [1.29, 1.82) is 0 Å². The van der Waals surface area contributed by atoms with E-state index in [1.54, 1.807) is 31.2 Å². The number of aryl methyl sites for hydroxylation is 1. The van der Waals surface area contributed by atoms with Crippen LogP contribution in [0.2, 0.25) is 10.0 Å². The summed E-state index contributed by atoms with van der Waals surface area (Å²) in [5.74, 6) is -1.24. The van der Waals surface area contributed by atoms with Crippen LogP contribution in [0.3, 0.4) is 0 Å². The highest BCUT2D eigenvalue weighted by molar-refractivity contribution is 6.42. The van der Waals surface area contributed by atoms with E-state index in [-0.39, 0.29) is 29.5 Å². The fraction of sp³-hybridized carbons (Fsp3) is 0.263. The van der Waals surface area contributed by atoms with E-state index in [1.807, 2.05) is 0 Å². The van der Waals surface area contributed by atoms with Gasteiger partial charge in [0.05, 0.1) is 28.3 Å². The van der Waals surface area contributed by atoms with Gasteiger partial charge in [0.25, 0.3) is 5.91 Å². The number of halogens is 2. The summed E-state index contributed by atoms with van der Waals surface area (Å²) in [6, 6.07) is 7.11. The van der Waals surface area contributed by atoms with Crippen molar-refractivity contribution in [3.8, 4) is 0 Å². The zero-order chi connectivity index (χ0) is 19.7. The maximum atomic E-state index is 13.0. The van der Waals surface area contributed by atoms with Crippen molar-refractivity contribution < 1.29 is 23.8 Å². The lowest BCUT2D eigenvalue weighted by molar-refractivity contribution is -0.130. The Bertz CT molecular complexity index is 934. The number of carbonyl (C=O) groups is 2. The molecule has 1 amide bonds. The third kappa shape index (κ3) is 3.60. The standard InChI is InChI=1S/C19H17Cl2NO5/c1-10-3-6-14(27-10)17(23)15-16(11-4-5-12(20)13(21)9-11)22(7-8-26-2)19(25)18(15)24/h3-6,9,16,24H,7-8H2,1-2H3/t16-/m1/s1. The second-order valence-corrected chi connectivity index (χ2v) is 6.88. The zero-order valence-electron chi connectivity index (χ0n) is 14.7. The van der Waals surface area contributed by atoms with Crippen LogP contribution >= 0.6 is 23.2 Å². The molecule has 1 aliphatic rings. The monoisotopic (exact) mass is 409 g/mol. The Labute approximate surface area is 165 Å². The van der Waals surface area contributed by atoms with Crippen LogP contribution in [0.4, 0.5) is 0 Å². The Hall–Kier alpha value is -2.28. The molecule has 1 N–H and O–H groups in total. The first kappa shape index (κ1) is 19.5. The van der Waals surface area contributed by atoms with Gasteiger partial charge in [-0.2, -0.15) is 0 Å². The van der Waals surface area contributed by atoms with Crippen molar-refractivity contribution in [2.24, 2.45) is 0 Å². The SMILES string of the molecule is COCCN1C(=O)C(O)=C(C(=O)c2ccc(C)o2)[C@H]1c1ccc(Cl)c(Cl)c1. The van der Waals surface area contributed by atoms with Crippen molar-refractivity contribution >= 4 is 34.9 Å². The number of rotatable bonds is 6. The van der Waals surface area contributed by atoms with E-state index < -0.39 is 23.5 Å². The number of nitrogens with zero attached hydrogens (tertiary/aromatic N) is 1. The number of Topliss-reactive ketones (excluding diaryl/α,β-unsaturated/α-hetero) is 1. The summed E-state index contributed by atoms with van der Waals surface area (Å²) in [5, 5.41) is 11.1. The van der Waals surface area contributed by atoms with Crippen LogP contribution in [0.5, 0.6) is 0 Å². The molecule has 0 bridgehead atoms. The second-order valence-electron chi connectivity index (χ2n) is 6.07. The summed E-state index contributed by atoms with van der Waals surface area (Å²) < 4.78 is 10.4. The molecule has 142 valence electrons. The fourth-order valence-electron chi connectivity index (χ4n) is 3.02. The zero-order valence-corrected chi connectivity index (χ0v) is 16.2. The summed E-state index contributed by atoms with van der Waals surface area (Å²) in [6.45, 7) is 2.11. The number of hydrogen-bond donors (Lipinski definition) is 1. The van der Waals surface area contributed by atoms with Crippen LogP contribution in [0.15, 0.2) is 46.1 Å². The smallest absolute Gasteiger partial charge is 0.290 e. The highest BCUT2D eigenvalue weighted by Crippen LogP contribution is 2.40. The second kappa shape index (κ2) is 7.76. The molecule has 6 nitrogen and oxygen atoms in total. The third-order valence-electron chi connectivity index (χ3n) is 4.31. The van der Waals surface area contributed by atoms with E-state index in [4.69, 9.17) is 32.4 Å². The summed E-state index contributed by atoms with van der Waals surface area (Å²) >= 11 is 12.1. The molecule has 0 spiro atoms. The molecule has 8 heteroatoms. The number of carbonyl (C=O) groups excluding carboxylic acids is 2. The van der Waals surface area contributed by atoms with Gasteiger partial charge in [-0.3, -0.25) is 9.59 Å². The van der Waals surface area contributed by atoms with Gasteiger partial charge in [-0.25, -0.2) is 0 Å². The number of ketones is 1. The maximum Gasteiger partial charge on any atom is 0.290 e. The molecule has 0 aliphatic carbocycles. The number of ether oxygens (including phenoxy) is 1. The van der Waals surface area contributed by atoms with E-state index in [0.717, 1.165) is 0 Å². The molecular formula is C19H17Cl2NO5. The molecule has 0 fully saturated rings. The van der Waals surface area contributed by atoms with Gasteiger partial charge in [0, 0.05) is 13.7 Å². The molecule has 27 heavy (non-hydrogen) atoms. The fourth-order valence-corrected chi connectivity index (χ4v) is 3.33. The van der Waals surface area contributed by atoms with E-state index in [1.165, 1.54) is 18.1 Å². The van der Waals surface area contributed by atoms with Crippen LogP contribution in [0.25, 0.3) is 0 Å². The molecule has 1 atom stereocenters. The molecule has 2 aromatic rings. The Morgan fingerprint density at radius 2 is 2.00 bits per heavy atom. The van der Waals surface area contributed by atoms with Crippen molar-refractivity contribution in [3.05, 3.63) is 68.8 Å². The Balaban J connectivity index is 2.10. The first-order chi connectivity index (χ1) is 12.8. The topological polar surface area (TPSA) is 80.0 Å². The molecule has 1 aromatic carbocycles. The number of aliphatic hydroxyl groups is 1. The largest absolute Gasteiger partial charge is 0.503 e. The van der Waals surface area contributed by atoms with Gasteiger partial charge in [-0.05, 0) is 36.8 Å². The van der Waals surface area contributed by atoms with Crippen molar-refractivity contribution in [2.75, 3.05) is 20.3 Å². The molecule has 1 aliphatic heterocycles. The van der Waals surface area contributed by atoms with Gasteiger partial charge < -0.3 is 19.2 Å². The van der Waals surface area contributed by atoms with Crippen molar-refractivity contribution in [2.45, 2.75) is 13.0 Å². The Kier molecular flexibility index (Phi) is 5.60. The number of amides is 1. The molecule has 2 heterocycles. The molecule has 0 radical (unpaired) electrons. The lowest BCUT2D eigenvalue weighted by Crippen LogP contribution is -2.34. The Morgan fingerprint density at radius 3 is 2.59 bits per heavy atom. The molecule has 3 rings (SSSR count). The van der Waals surface area contributed by atoms with Gasteiger partial charge in [0.1, 0.15) is 5.76 Å². The van der Waals surface area contributed by atoms with E-state index in [2.05, 4.69) is 0 Å². The van der Waals surface area contributed by atoms with E-state index in [0.29, 0.717) is 16.3 Å². The van der Waals surface area contributed by atoms with Crippen LogP contribution in [0.1, 0.15) is 27.9 Å². The third-order valence-corrected chi connectivity index (χ3v) is 5.05. The van der Waals surface area contributed by atoms with Crippen LogP contribution in [-0.2, 0) is 9.53 Å². The number of hydrogen-bond acceptors (Lipinski definition) is 5. The summed E-state index contributed by atoms with van der Waals surface area (Å²) in [4.78, 5) is 27.0. The number of furan rings is 1. The van der Waals surface area contributed by atoms with Gasteiger partial charge in [0.2, 0.25) is 5.78 Å². The molecular weight excluding hydrogens is 393 g/mol. The summed E-state index contributed by atoms with van der Waals surface area (Å²) in [5.41, 5.74) is 0.480. The minimum Gasteiger partial charge on any atom is -0.503 e. The lowest BCUT2D eigenvalue weighted by atomic mass is 9.95. The lowest BCUT2D eigenvalue weighted by Gasteiger charge is -2.26. The Morgan fingerprint density at radius 1 is 1.26 bits per heavy atom. The van der Waals surface area contributed by atoms with Gasteiger partial charge in [-0.15, -0.1) is 0 Å². The van der Waals surface area contributed by atoms with Gasteiger partial charge >= 0.3 is 0 Å². The first-order valence-corrected chi connectivity index (χ1v) is 8.90. The average Bonchev–Trinajstić information content (AvgIpc) is 3.18. The minimum atomic E-state index is -0.833. The predicted octanol–water partition coefficient (Wildman–Crippen LogP) is 4.12.